The maximum Gasteiger partial charge on any atom is 0.308 e. The van der Waals surface area contributed by atoms with E-state index in [0.717, 1.165) is 18.4 Å². The number of carbonyl (C=O) groups excluding carboxylic acids is 1. The van der Waals surface area contributed by atoms with Gasteiger partial charge in [-0.15, -0.1) is 0 Å². The second kappa shape index (κ2) is 6.29. The van der Waals surface area contributed by atoms with Crippen LogP contribution in [-0.4, -0.2) is 35.0 Å². The Bertz CT molecular complexity index is 568. The molecule has 2 aliphatic rings. The Balaban J connectivity index is 1.56. The number of carbonyl (C=O) groups is 2. The fourth-order valence-electron chi connectivity index (χ4n) is 3.36. The average molecular weight is 322 g/mol. The van der Waals surface area contributed by atoms with Crippen LogP contribution < -0.4 is 0 Å². The minimum Gasteiger partial charge on any atom is -0.481 e. The number of hydrogen-bond donors (Lipinski definition) is 1. The highest BCUT2D eigenvalue weighted by Gasteiger charge is 2.46. The standard InChI is InChI=1S/C17H20ClNO3/c18-13-6-1-11(2-7-13)3-8-16(20)19-9-14(12-4-5-12)15(10-19)17(21)22/h1-2,6-7,12,14-15H,3-5,8-10H2,(H,21,22)/t14-,15+/m1/s1. The van der Waals surface area contributed by atoms with Crippen LogP contribution in [-0.2, 0) is 16.0 Å². The Kier molecular flexibility index (Phi) is 4.39. The van der Waals surface area contributed by atoms with E-state index in [1.807, 2.05) is 24.3 Å². The summed E-state index contributed by atoms with van der Waals surface area (Å²) in [6.07, 6.45) is 3.31. The van der Waals surface area contributed by atoms with Crippen molar-refractivity contribution in [3.05, 3.63) is 34.9 Å². The van der Waals surface area contributed by atoms with Gasteiger partial charge in [-0.1, -0.05) is 23.7 Å². The summed E-state index contributed by atoms with van der Waals surface area (Å²) in [5, 5.41) is 10.0. The minimum atomic E-state index is -0.759. The average Bonchev–Trinajstić information content (AvgIpc) is 3.24. The molecule has 2 atom stereocenters. The number of carboxylic acid groups (broad SMARTS) is 1. The quantitative estimate of drug-likeness (QED) is 0.907. The van der Waals surface area contributed by atoms with E-state index in [2.05, 4.69) is 0 Å². The lowest BCUT2D eigenvalue weighted by atomic mass is 9.92. The Morgan fingerprint density at radius 2 is 1.86 bits per heavy atom. The molecule has 1 aliphatic heterocycles. The molecule has 2 fully saturated rings. The predicted molar refractivity (Wildman–Crippen MR) is 83.7 cm³/mol. The molecule has 118 valence electrons. The molecule has 0 spiro atoms. The molecule has 0 radical (unpaired) electrons. The van der Waals surface area contributed by atoms with Gasteiger partial charge in [-0.05, 0) is 48.8 Å². The highest BCUT2D eigenvalue weighted by molar-refractivity contribution is 6.30. The van der Waals surface area contributed by atoms with E-state index in [9.17, 15) is 14.7 Å². The molecule has 1 aromatic carbocycles. The second-order valence-electron chi connectivity index (χ2n) is 6.37. The fraction of sp³-hybridized carbons (Fsp3) is 0.529. The van der Waals surface area contributed by atoms with Gasteiger partial charge in [0, 0.05) is 24.5 Å². The number of amides is 1. The van der Waals surface area contributed by atoms with Gasteiger partial charge in [0.1, 0.15) is 0 Å². The third-order valence-corrected chi connectivity index (χ3v) is 5.06. The van der Waals surface area contributed by atoms with Crippen molar-refractivity contribution < 1.29 is 14.7 Å². The summed E-state index contributed by atoms with van der Waals surface area (Å²) in [6.45, 7) is 0.983. The molecule has 22 heavy (non-hydrogen) atoms. The van der Waals surface area contributed by atoms with Crippen molar-refractivity contribution in [2.45, 2.75) is 25.7 Å². The molecule has 1 aliphatic carbocycles. The van der Waals surface area contributed by atoms with Gasteiger partial charge >= 0.3 is 5.97 Å². The third-order valence-electron chi connectivity index (χ3n) is 4.80. The molecule has 1 N–H and O–H groups in total. The summed E-state index contributed by atoms with van der Waals surface area (Å²) in [5.41, 5.74) is 1.07. The SMILES string of the molecule is O=C(O)[C@H]1CN(C(=O)CCc2ccc(Cl)cc2)C[C@@H]1C1CC1. The number of benzene rings is 1. The zero-order chi connectivity index (χ0) is 15.7. The first-order chi connectivity index (χ1) is 10.5. The highest BCUT2D eigenvalue weighted by atomic mass is 35.5. The molecule has 0 unspecified atom stereocenters. The Morgan fingerprint density at radius 3 is 2.45 bits per heavy atom. The molecule has 4 nitrogen and oxygen atoms in total. The van der Waals surface area contributed by atoms with E-state index in [1.165, 1.54) is 0 Å². The molecule has 1 amide bonds. The first kappa shape index (κ1) is 15.3. The van der Waals surface area contributed by atoms with Crippen molar-refractivity contribution in [2.75, 3.05) is 13.1 Å². The van der Waals surface area contributed by atoms with Crippen LogP contribution in [0.1, 0.15) is 24.8 Å². The molecule has 0 aromatic heterocycles. The van der Waals surface area contributed by atoms with Crippen LogP contribution in [0.5, 0.6) is 0 Å². The van der Waals surface area contributed by atoms with Crippen molar-refractivity contribution in [1.82, 2.24) is 4.90 Å². The number of rotatable bonds is 5. The summed E-state index contributed by atoms with van der Waals surface area (Å²) in [6, 6.07) is 7.49. The predicted octanol–water partition coefficient (Wildman–Crippen LogP) is 2.84. The van der Waals surface area contributed by atoms with Crippen molar-refractivity contribution >= 4 is 23.5 Å². The van der Waals surface area contributed by atoms with Gasteiger partial charge in [0.25, 0.3) is 0 Å². The van der Waals surface area contributed by atoms with E-state index in [0.29, 0.717) is 36.9 Å². The van der Waals surface area contributed by atoms with Gasteiger partial charge in [-0.25, -0.2) is 0 Å². The number of carboxylic acids is 1. The maximum absolute atomic E-state index is 12.3. The van der Waals surface area contributed by atoms with E-state index < -0.39 is 5.97 Å². The van der Waals surface area contributed by atoms with Crippen molar-refractivity contribution in [3.63, 3.8) is 0 Å². The van der Waals surface area contributed by atoms with Crippen molar-refractivity contribution in [3.8, 4) is 0 Å². The maximum atomic E-state index is 12.3. The summed E-state index contributed by atoms with van der Waals surface area (Å²) in [5.74, 6) is -0.423. The molecule has 5 heteroatoms. The number of likely N-dealkylation sites (tertiary alicyclic amines) is 1. The van der Waals surface area contributed by atoms with Gasteiger partial charge in [-0.3, -0.25) is 9.59 Å². The molecule has 1 saturated carbocycles. The van der Waals surface area contributed by atoms with Gasteiger partial charge in [0.15, 0.2) is 0 Å². The molecule has 1 saturated heterocycles. The van der Waals surface area contributed by atoms with E-state index in [1.54, 1.807) is 4.90 Å². The molecule has 3 rings (SSSR count). The van der Waals surface area contributed by atoms with E-state index in [4.69, 9.17) is 11.6 Å². The van der Waals surface area contributed by atoms with Gasteiger partial charge < -0.3 is 10.0 Å². The van der Waals surface area contributed by atoms with Crippen LogP contribution in [0.4, 0.5) is 0 Å². The summed E-state index contributed by atoms with van der Waals surface area (Å²) >= 11 is 5.84. The summed E-state index contributed by atoms with van der Waals surface area (Å²) in [4.78, 5) is 25.5. The van der Waals surface area contributed by atoms with Crippen LogP contribution in [0.15, 0.2) is 24.3 Å². The van der Waals surface area contributed by atoms with Crippen LogP contribution in [0, 0.1) is 17.8 Å². The molecule has 0 bridgehead atoms. The Hall–Kier alpha value is -1.55. The van der Waals surface area contributed by atoms with Gasteiger partial charge in [0.05, 0.1) is 5.92 Å². The smallest absolute Gasteiger partial charge is 0.308 e. The van der Waals surface area contributed by atoms with Crippen LogP contribution >= 0.6 is 11.6 Å². The van der Waals surface area contributed by atoms with Gasteiger partial charge in [-0.2, -0.15) is 0 Å². The van der Waals surface area contributed by atoms with Crippen molar-refractivity contribution in [2.24, 2.45) is 17.8 Å². The molecule has 1 heterocycles. The normalized spacial score (nSPS) is 24.5. The van der Waals surface area contributed by atoms with E-state index >= 15 is 0 Å². The van der Waals surface area contributed by atoms with Crippen LogP contribution in [0.3, 0.4) is 0 Å². The van der Waals surface area contributed by atoms with E-state index in [-0.39, 0.29) is 17.7 Å². The topological polar surface area (TPSA) is 57.6 Å². The lowest BCUT2D eigenvalue weighted by Gasteiger charge is -2.16. The van der Waals surface area contributed by atoms with Crippen LogP contribution in [0.25, 0.3) is 0 Å². The Morgan fingerprint density at radius 1 is 1.18 bits per heavy atom. The van der Waals surface area contributed by atoms with Crippen LogP contribution in [0.2, 0.25) is 5.02 Å². The summed E-state index contributed by atoms with van der Waals surface area (Å²) < 4.78 is 0. The lowest BCUT2D eigenvalue weighted by molar-refractivity contribution is -0.142. The molecular formula is C17H20ClNO3. The zero-order valence-corrected chi connectivity index (χ0v) is 13.1. The number of aryl methyl sites for hydroxylation is 1. The number of halogens is 1. The Labute approximate surface area is 135 Å². The second-order valence-corrected chi connectivity index (χ2v) is 6.81. The lowest BCUT2D eigenvalue weighted by Crippen LogP contribution is -2.30. The summed E-state index contributed by atoms with van der Waals surface area (Å²) in [7, 11) is 0. The number of hydrogen-bond acceptors (Lipinski definition) is 2. The molecular weight excluding hydrogens is 302 g/mol. The van der Waals surface area contributed by atoms with Crippen molar-refractivity contribution in [1.29, 1.82) is 0 Å². The monoisotopic (exact) mass is 321 g/mol. The fourth-order valence-corrected chi connectivity index (χ4v) is 3.48. The zero-order valence-electron chi connectivity index (χ0n) is 12.4. The largest absolute Gasteiger partial charge is 0.481 e. The highest BCUT2D eigenvalue weighted by Crippen LogP contribution is 2.44. The van der Waals surface area contributed by atoms with Gasteiger partial charge in [0.2, 0.25) is 5.91 Å². The first-order valence-electron chi connectivity index (χ1n) is 7.79. The first-order valence-corrected chi connectivity index (χ1v) is 8.17. The molecule has 1 aromatic rings. The minimum absolute atomic E-state index is 0.0596. The number of nitrogens with zero attached hydrogens (tertiary/aromatic N) is 1. The number of aliphatic carboxylic acids is 1. The third kappa shape index (κ3) is 3.43.